The van der Waals surface area contributed by atoms with Gasteiger partial charge in [-0.05, 0) is 17.5 Å². The molecule has 0 amide bonds. The van der Waals surface area contributed by atoms with Crippen molar-refractivity contribution >= 4 is 0 Å². The third kappa shape index (κ3) is 2.48. The summed E-state index contributed by atoms with van der Waals surface area (Å²) in [6, 6.07) is 9.78. The fourth-order valence-corrected chi connectivity index (χ4v) is 1.20. The van der Waals surface area contributed by atoms with Crippen LogP contribution < -0.4 is 4.74 Å². The number of ether oxygens (including phenoxy) is 1. The van der Waals surface area contributed by atoms with Crippen molar-refractivity contribution in [2.24, 2.45) is 0 Å². The minimum atomic E-state index is 0.115. The molecule has 0 aromatic heterocycles. The molecule has 0 unspecified atom stereocenters. The fourth-order valence-electron chi connectivity index (χ4n) is 1.20. The smallest absolute Gasteiger partial charge is 0.174 e. The van der Waals surface area contributed by atoms with E-state index in [4.69, 9.17) is 10.00 Å². The minimum absolute atomic E-state index is 0.115. The Labute approximate surface area is 78.8 Å². The lowest BCUT2D eigenvalue weighted by atomic mass is 10.0. The van der Waals surface area contributed by atoms with Crippen LogP contribution in [0.5, 0.6) is 5.75 Å². The zero-order chi connectivity index (χ0) is 9.68. The van der Waals surface area contributed by atoms with Gasteiger partial charge in [-0.1, -0.05) is 32.0 Å². The maximum atomic E-state index is 8.38. The van der Waals surface area contributed by atoms with Crippen LogP contribution in [0.15, 0.2) is 24.3 Å². The van der Waals surface area contributed by atoms with E-state index < -0.39 is 0 Å². The molecule has 1 rings (SSSR count). The lowest BCUT2D eigenvalue weighted by Gasteiger charge is -2.11. The predicted molar refractivity (Wildman–Crippen MR) is 51.6 cm³/mol. The van der Waals surface area contributed by atoms with E-state index >= 15 is 0 Å². The number of nitriles is 1. The highest BCUT2D eigenvalue weighted by molar-refractivity contribution is 5.35. The van der Waals surface area contributed by atoms with Crippen LogP contribution in [0.1, 0.15) is 25.3 Å². The van der Waals surface area contributed by atoms with Gasteiger partial charge in [0.25, 0.3) is 0 Å². The highest BCUT2D eigenvalue weighted by atomic mass is 16.5. The molecule has 0 fully saturated rings. The highest BCUT2D eigenvalue weighted by Gasteiger charge is 2.05. The molecule has 0 bridgehead atoms. The lowest BCUT2D eigenvalue weighted by molar-refractivity contribution is 0.362. The van der Waals surface area contributed by atoms with E-state index in [1.54, 1.807) is 0 Å². The Morgan fingerprint density at radius 2 is 2.08 bits per heavy atom. The van der Waals surface area contributed by atoms with Gasteiger partial charge in [0, 0.05) is 0 Å². The van der Waals surface area contributed by atoms with Gasteiger partial charge in [0.05, 0.1) is 0 Å². The SMILES string of the molecule is CC(C)c1ccccc1OCC#N. The van der Waals surface area contributed by atoms with E-state index in [9.17, 15) is 0 Å². The Bertz CT molecular complexity index is 312. The molecule has 1 aromatic carbocycles. The number of rotatable bonds is 3. The predicted octanol–water partition coefficient (Wildman–Crippen LogP) is 2.71. The number of para-hydroxylation sites is 1. The first kappa shape index (κ1) is 9.60. The molecule has 0 saturated heterocycles. The molecule has 2 heteroatoms. The Morgan fingerprint density at radius 1 is 1.38 bits per heavy atom. The highest BCUT2D eigenvalue weighted by Crippen LogP contribution is 2.25. The van der Waals surface area contributed by atoms with Crippen LogP contribution in [-0.2, 0) is 0 Å². The molecular weight excluding hydrogens is 162 g/mol. The van der Waals surface area contributed by atoms with Crippen LogP contribution in [0, 0.1) is 11.3 Å². The first-order chi connectivity index (χ1) is 6.25. The maximum Gasteiger partial charge on any atom is 0.174 e. The summed E-state index contributed by atoms with van der Waals surface area (Å²) in [6.07, 6.45) is 0. The van der Waals surface area contributed by atoms with Gasteiger partial charge in [-0.2, -0.15) is 5.26 Å². The summed E-state index contributed by atoms with van der Waals surface area (Å²) < 4.78 is 5.29. The Balaban J connectivity index is 2.86. The monoisotopic (exact) mass is 175 g/mol. The second kappa shape index (κ2) is 4.51. The Kier molecular flexibility index (Phi) is 3.33. The van der Waals surface area contributed by atoms with Gasteiger partial charge in [-0.25, -0.2) is 0 Å². The quantitative estimate of drug-likeness (QED) is 0.707. The molecule has 0 aliphatic rings. The van der Waals surface area contributed by atoms with Gasteiger partial charge in [0.1, 0.15) is 11.8 Å². The third-order valence-corrected chi connectivity index (χ3v) is 1.83. The summed E-state index contributed by atoms with van der Waals surface area (Å²) in [5, 5.41) is 8.38. The lowest BCUT2D eigenvalue weighted by Crippen LogP contribution is -1.98. The van der Waals surface area contributed by atoms with Crippen molar-refractivity contribution in [1.29, 1.82) is 5.26 Å². The van der Waals surface area contributed by atoms with Crippen molar-refractivity contribution in [3.8, 4) is 11.8 Å². The van der Waals surface area contributed by atoms with Crippen LogP contribution in [0.3, 0.4) is 0 Å². The van der Waals surface area contributed by atoms with E-state index in [0.717, 1.165) is 11.3 Å². The zero-order valence-corrected chi connectivity index (χ0v) is 7.95. The summed E-state index contributed by atoms with van der Waals surface area (Å²) in [4.78, 5) is 0. The molecule has 0 heterocycles. The van der Waals surface area contributed by atoms with Gasteiger partial charge in [0.15, 0.2) is 6.61 Å². The van der Waals surface area contributed by atoms with Crippen LogP contribution >= 0.6 is 0 Å². The van der Waals surface area contributed by atoms with E-state index in [1.165, 1.54) is 0 Å². The normalized spacial score (nSPS) is 9.69. The molecule has 0 atom stereocenters. The maximum absolute atomic E-state index is 8.38. The first-order valence-electron chi connectivity index (χ1n) is 4.34. The van der Waals surface area contributed by atoms with Crippen molar-refractivity contribution in [3.05, 3.63) is 29.8 Å². The summed E-state index contributed by atoms with van der Waals surface area (Å²) in [6.45, 7) is 4.33. The molecule has 0 aliphatic carbocycles. The van der Waals surface area contributed by atoms with Crippen molar-refractivity contribution in [2.75, 3.05) is 6.61 Å². The van der Waals surface area contributed by atoms with Crippen molar-refractivity contribution in [2.45, 2.75) is 19.8 Å². The summed E-state index contributed by atoms with van der Waals surface area (Å²) in [5.41, 5.74) is 1.15. The van der Waals surface area contributed by atoms with E-state index in [0.29, 0.717) is 5.92 Å². The van der Waals surface area contributed by atoms with Crippen LogP contribution in [-0.4, -0.2) is 6.61 Å². The third-order valence-electron chi connectivity index (χ3n) is 1.83. The molecule has 1 aromatic rings. The fraction of sp³-hybridized carbons (Fsp3) is 0.364. The summed E-state index contributed by atoms with van der Waals surface area (Å²) in [5.74, 6) is 1.24. The van der Waals surface area contributed by atoms with E-state index in [-0.39, 0.29) is 6.61 Å². The van der Waals surface area contributed by atoms with Crippen molar-refractivity contribution in [1.82, 2.24) is 0 Å². The van der Waals surface area contributed by atoms with Crippen molar-refractivity contribution in [3.63, 3.8) is 0 Å². The average molecular weight is 175 g/mol. The molecule has 68 valence electrons. The van der Waals surface area contributed by atoms with Gasteiger partial charge >= 0.3 is 0 Å². The van der Waals surface area contributed by atoms with Crippen LogP contribution in [0.4, 0.5) is 0 Å². The van der Waals surface area contributed by atoms with Gasteiger partial charge in [-0.15, -0.1) is 0 Å². The zero-order valence-electron chi connectivity index (χ0n) is 7.95. The number of benzene rings is 1. The van der Waals surface area contributed by atoms with Gasteiger partial charge in [0.2, 0.25) is 0 Å². The molecule has 0 aliphatic heterocycles. The number of nitrogens with zero attached hydrogens (tertiary/aromatic N) is 1. The molecule has 0 saturated carbocycles. The standard InChI is InChI=1S/C11H13NO/c1-9(2)10-5-3-4-6-11(10)13-8-7-12/h3-6,9H,8H2,1-2H3. The second-order valence-electron chi connectivity index (χ2n) is 3.14. The first-order valence-corrected chi connectivity index (χ1v) is 4.34. The molecule has 0 radical (unpaired) electrons. The largest absolute Gasteiger partial charge is 0.478 e. The van der Waals surface area contributed by atoms with Gasteiger partial charge < -0.3 is 4.74 Å². The average Bonchev–Trinajstić information content (AvgIpc) is 2.15. The van der Waals surface area contributed by atoms with Crippen LogP contribution in [0.2, 0.25) is 0 Å². The topological polar surface area (TPSA) is 33.0 Å². The van der Waals surface area contributed by atoms with Crippen LogP contribution in [0.25, 0.3) is 0 Å². The molecule has 13 heavy (non-hydrogen) atoms. The number of hydrogen-bond acceptors (Lipinski definition) is 2. The van der Waals surface area contributed by atoms with E-state index in [1.807, 2.05) is 30.3 Å². The molecule has 0 N–H and O–H groups in total. The molecular formula is C11H13NO. The Morgan fingerprint density at radius 3 is 2.69 bits per heavy atom. The van der Waals surface area contributed by atoms with E-state index in [2.05, 4.69) is 13.8 Å². The minimum Gasteiger partial charge on any atom is -0.478 e. The summed E-state index contributed by atoms with van der Waals surface area (Å²) in [7, 11) is 0. The number of hydrogen-bond donors (Lipinski definition) is 0. The second-order valence-corrected chi connectivity index (χ2v) is 3.14. The molecule has 0 spiro atoms. The van der Waals surface area contributed by atoms with Crippen molar-refractivity contribution < 1.29 is 4.74 Å². The van der Waals surface area contributed by atoms with Gasteiger partial charge in [-0.3, -0.25) is 0 Å². The Hall–Kier alpha value is -1.49. The summed E-state index contributed by atoms with van der Waals surface area (Å²) >= 11 is 0. The molecule has 2 nitrogen and oxygen atoms in total.